The number of imidazole rings is 1. The monoisotopic (exact) mass is 432 g/mol. The molecule has 2 heterocycles. The first kappa shape index (κ1) is 21.7. The first-order chi connectivity index (χ1) is 15.7. The van der Waals surface area contributed by atoms with Gasteiger partial charge in [-0.05, 0) is 30.2 Å². The van der Waals surface area contributed by atoms with Crippen LogP contribution in [0.25, 0.3) is 0 Å². The van der Waals surface area contributed by atoms with Crippen LogP contribution >= 0.6 is 0 Å². The van der Waals surface area contributed by atoms with Gasteiger partial charge in [0.15, 0.2) is 5.96 Å². The number of piperazine rings is 1. The number of aromatic nitrogens is 2. The summed E-state index contributed by atoms with van der Waals surface area (Å²) >= 11 is 0. The van der Waals surface area contributed by atoms with Crippen LogP contribution in [0.15, 0.2) is 72.2 Å². The second-order valence-corrected chi connectivity index (χ2v) is 7.90. The zero-order valence-corrected chi connectivity index (χ0v) is 18.9. The molecule has 4 rings (SSSR count). The molecule has 1 saturated heterocycles. The lowest BCUT2D eigenvalue weighted by Crippen LogP contribution is -2.52. The summed E-state index contributed by atoms with van der Waals surface area (Å²) < 4.78 is 7.45. The molecular weight excluding hydrogens is 400 g/mol. The van der Waals surface area contributed by atoms with Crippen molar-refractivity contribution in [1.82, 2.24) is 19.8 Å². The Balaban J connectivity index is 1.35. The zero-order chi connectivity index (χ0) is 22.2. The van der Waals surface area contributed by atoms with E-state index in [1.54, 1.807) is 7.11 Å². The third-order valence-electron chi connectivity index (χ3n) is 5.69. The summed E-state index contributed by atoms with van der Waals surface area (Å²) in [5.74, 6) is 1.89. The molecule has 0 atom stereocenters. The molecule has 168 valence electrons. The first-order valence-electron chi connectivity index (χ1n) is 11.2. The van der Waals surface area contributed by atoms with Crippen LogP contribution in [-0.2, 0) is 13.1 Å². The summed E-state index contributed by atoms with van der Waals surface area (Å²) in [5, 5.41) is 3.46. The van der Waals surface area contributed by atoms with Crippen molar-refractivity contribution in [3.63, 3.8) is 0 Å². The lowest BCUT2D eigenvalue weighted by atomic mass is 10.1. The van der Waals surface area contributed by atoms with Gasteiger partial charge in [0.1, 0.15) is 5.75 Å². The Morgan fingerprint density at radius 2 is 1.84 bits per heavy atom. The van der Waals surface area contributed by atoms with E-state index >= 15 is 0 Å². The topological polar surface area (TPSA) is 57.9 Å². The normalized spacial score (nSPS) is 14.5. The summed E-state index contributed by atoms with van der Waals surface area (Å²) in [6, 6.07) is 17.0. The number of hydrogen-bond acceptors (Lipinski definition) is 4. The van der Waals surface area contributed by atoms with Crippen molar-refractivity contribution in [1.29, 1.82) is 0 Å². The van der Waals surface area contributed by atoms with Gasteiger partial charge >= 0.3 is 0 Å². The fourth-order valence-electron chi connectivity index (χ4n) is 3.92. The van der Waals surface area contributed by atoms with Crippen LogP contribution in [0.1, 0.15) is 18.1 Å². The predicted molar refractivity (Wildman–Crippen MR) is 129 cm³/mol. The number of anilines is 1. The maximum atomic E-state index is 5.37. The van der Waals surface area contributed by atoms with Crippen LogP contribution in [0.5, 0.6) is 5.75 Å². The van der Waals surface area contributed by atoms with Crippen molar-refractivity contribution < 1.29 is 4.74 Å². The molecule has 0 radical (unpaired) electrons. The molecule has 2 aromatic carbocycles. The highest BCUT2D eigenvalue weighted by Gasteiger charge is 2.20. The van der Waals surface area contributed by atoms with Crippen molar-refractivity contribution in [3.8, 4) is 5.75 Å². The Kier molecular flexibility index (Phi) is 7.27. The average molecular weight is 433 g/mol. The molecule has 1 aromatic heterocycles. The van der Waals surface area contributed by atoms with Gasteiger partial charge in [0.05, 0.1) is 20.0 Å². The van der Waals surface area contributed by atoms with Crippen molar-refractivity contribution in [2.75, 3.05) is 44.7 Å². The number of aliphatic imine (C=N–C) groups is 1. The average Bonchev–Trinajstić information content (AvgIpc) is 3.36. The van der Waals surface area contributed by atoms with Crippen LogP contribution in [0, 0.1) is 0 Å². The Labute approximate surface area is 190 Å². The molecule has 7 nitrogen and oxygen atoms in total. The molecule has 1 aliphatic rings. The second kappa shape index (κ2) is 10.7. The van der Waals surface area contributed by atoms with Crippen molar-refractivity contribution in [3.05, 3.63) is 78.4 Å². The number of hydrogen-bond donors (Lipinski definition) is 1. The summed E-state index contributed by atoms with van der Waals surface area (Å²) in [5.41, 5.74) is 3.68. The van der Waals surface area contributed by atoms with E-state index in [1.165, 1.54) is 16.8 Å². The Bertz CT molecular complexity index is 992. The fourth-order valence-corrected chi connectivity index (χ4v) is 3.92. The second-order valence-electron chi connectivity index (χ2n) is 7.90. The van der Waals surface area contributed by atoms with Gasteiger partial charge in [-0.1, -0.05) is 30.3 Å². The standard InChI is InChI=1S/C25H32N6O/c1-3-27-25(28-18-21-7-9-22(10-8-21)19-29-12-11-26-20-29)31-15-13-30(14-16-31)23-5-4-6-24(17-23)32-2/h4-12,17,20H,3,13-16,18-19H2,1-2H3,(H,27,28). The minimum absolute atomic E-state index is 0.670. The number of methoxy groups -OCH3 is 1. The molecule has 0 unspecified atom stereocenters. The molecule has 0 bridgehead atoms. The van der Waals surface area contributed by atoms with E-state index in [0.29, 0.717) is 6.54 Å². The van der Waals surface area contributed by atoms with E-state index in [2.05, 4.69) is 68.0 Å². The molecule has 0 saturated carbocycles. The number of guanidine groups is 1. The van der Waals surface area contributed by atoms with Crippen LogP contribution in [-0.4, -0.2) is 60.2 Å². The van der Waals surface area contributed by atoms with Gasteiger partial charge in [-0.3, -0.25) is 0 Å². The lowest BCUT2D eigenvalue weighted by molar-refractivity contribution is 0.372. The predicted octanol–water partition coefficient (Wildman–Crippen LogP) is 3.23. The van der Waals surface area contributed by atoms with Crippen LogP contribution in [0.3, 0.4) is 0 Å². The summed E-state index contributed by atoms with van der Waals surface area (Å²) in [6.07, 6.45) is 5.63. The van der Waals surface area contributed by atoms with Crippen molar-refractivity contribution in [2.45, 2.75) is 20.0 Å². The molecule has 0 aliphatic carbocycles. The van der Waals surface area contributed by atoms with Gasteiger partial charge in [0.25, 0.3) is 0 Å². The molecule has 0 spiro atoms. The SMILES string of the molecule is CCNC(=NCc1ccc(Cn2ccnc2)cc1)N1CCN(c2cccc(OC)c2)CC1. The molecule has 3 aromatic rings. The maximum absolute atomic E-state index is 5.37. The van der Waals surface area contributed by atoms with Gasteiger partial charge in [-0.15, -0.1) is 0 Å². The lowest BCUT2D eigenvalue weighted by Gasteiger charge is -2.37. The molecular formula is C25H32N6O. The smallest absolute Gasteiger partial charge is 0.194 e. The molecule has 7 heteroatoms. The third kappa shape index (κ3) is 5.60. The highest BCUT2D eigenvalue weighted by atomic mass is 16.5. The number of benzene rings is 2. The highest BCUT2D eigenvalue weighted by molar-refractivity contribution is 5.80. The number of ether oxygens (including phenoxy) is 1. The van der Waals surface area contributed by atoms with Gasteiger partial charge < -0.3 is 24.4 Å². The minimum atomic E-state index is 0.670. The zero-order valence-electron chi connectivity index (χ0n) is 18.9. The van der Waals surface area contributed by atoms with Gasteiger partial charge in [0, 0.05) is 63.4 Å². The molecule has 32 heavy (non-hydrogen) atoms. The van der Waals surface area contributed by atoms with E-state index in [-0.39, 0.29) is 0 Å². The van der Waals surface area contributed by atoms with E-state index < -0.39 is 0 Å². The molecule has 1 N–H and O–H groups in total. The van der Waals surface area contributed by atoms with E-state index in [1.807, 2.05) is 30.9 Å². The van der Waals surface area contributed by atoms with Crippen molar-refractivity contribution >= 4 is 11.6 Å². The van der Waals surface area contributed by atoms with Crippen LogP contribution in [0.4, 0.5) is 5.69 Å². The third-order valence-corrected chi connectivity index (χ3v) is 5.69. The Hall–Kier alpha value is -3.48. The van der Waals surface area contributed by atoms with Gasteiger partial charge in [-0.25, -0.2) is 9.98 Å². The molecule has 1 fully saturated rings. The Morgan fingerprint density at radius 1 is 1.06 bits per heavy atom. The van der Waals surface area contributed by atoms with E-state index in [4.69, 9.17) is 9.73 Å². The highest BCUT2D eigenvalue weighted by Crippen LogP contribution is 2.22. The maximum Gasteiger partial charge on any atom is 0.194 e. The molecule has 1 aliphatic heterocycles. The fraction of sp³-hybridized carbons (Fsp3) is 0.360. The summed E-state index contributed by atoms with van der Waals surface area (Å²) in [4.78, 5) is 13.8. The van der Waals surface area contributed by atoms with Gasteiger partial charge in [0.2, 0.25) is 0 Å². The van der Waals surface area contributed by atoms with E-state index in [9.17, 15) is 0 Å². The number of rotatable bonds is 7. The summed E-state index contributed by atoms with van der Waals surface area (Å²) in [6.45, 7) is 8.28. The van der Waals surface area contributed by atoms with Crippen molar-refractivity contribution in [2.24, 2.45) is 4.99 Å². The Morgan fingerprint density at radius 3 is 2.53 bits per heavy atom. The quantitative estimate of drug-likeness (QED) is 0.459. The number of nitrogens with zero attached hydrogens (tertiary/aromatic N) is 5. The molecule has 0 amide bonds. The van der Waals surface area contributed by atoms with Crippen LogP contribution in [0.2, 0.25) is 0 Å². The minimum Gasteiger partial charge on any atom is -0.497 e. The van der Waals surface area contributed by atoms with Crippen LogP contribution < -0.4 is 15.0 Å². The largest absolute Gasteiger partial charge is 0.497 e. The van der Waals surface area contributed by atoms with E-state index in [0.717, 1.165) is 51.0 Å². The van der Waals surface area contributed by atoms with Gasteiger partial charge in [-0.2, -0.15) is 0 Å². The first-order valence-corrected chi connectivity index (χ1v) is 11.2. The summed E-state index contributed by atoms with van der Waals surface area (Å²) in [7, 11) is 1.71. The number of nitrogens with one attached hydrogen (secondary N) is 1.